The normalized spacial score (nSPS) is 30.3. The number of methoxy groups -OCH3 is 1. The molecule has 22 heavy (non-hydrogen) atoms. The first kappa shape index (κ1) is 14.3. The predicted molar refractivity (Wildman–Crippen MR) is 84.5 cm³/mol. The number of nitrogens with zero attached hydrogens (tertiary/aromatic N) is 1. The lowest BCUT2D eigenvalue weighted by Crippen LogP contribution is -2.56. The number of likely N-dealkylation sites (tertiary alicyclic amines) is 1. The van der Waals surface area contributed by atoms with Crippen molar-refractivity contribution < 1.29 is 14.2 Å². The van der Waals surface area contributed by atoms with E-state index < -0.39 is 0 Å². The quantitative estimate of drug-likeness (QED) is 0.798. The van der Waals surface area contributed by atoms with E-state index in [2.05, 4.69) is 18.0 Å². The van der Waals surface area contributed by atoms with Crippen molar-refractivity contribution in [2.24, 2.45) is 5.92 Å². The molecule has 0 radical (unpaired) electrons. The maximum Gasteiger partial charge on any atom is 0.167 e. The zero-order valence-corrected chi connectivity index (χ0v) is 13.5. The molecule has 0 aromatic heterocycles. The van der Waals surface area contributed by atoms with Gasteiger partial charge in [0.25, 0.3) is 0 Å². The molecule has 2 atom stereocenters. The van der Waals surface area contributed by atoms with Crippen molar-refractivity contribution in [1.82, 2.24) is 4.90 Å². The lowest BCUT2D eigenvalue weighted by molar-refractivity contribution is -0.149. The Bertz CT molecular complexity index is 551. The average Bonchev–Trinajstić information content (AvgIpc) is 2.57. The van der Waals surface area contributed by atoms with Crippen molar-refractivity contribution in [3.8, 4) is 11.5 Å². The summed E-state index contributed by atoms with van der Waals surface area (Å²) in [5.41, 5.74) is 1.09. The number of hydrogen-bond acceptors (Lipinski definition) is 4. The molecule has 0 N–H and O–H groups in total. The smallest absolute Gasteiger partial charge is 0.167 e. The van der Waals surface area contributed by atoms with E-state index in [-0.39, 0.29) is 11.7 Å². The van der Waals surface area contributed by atoms with Gasteiger partial charge in [0.15, 0.2) is 11.5 Å². The van der Waals surface area contributed by atoms with E-state index >= 15 is 0 Å². The molecule has 1 aromatic carbocycles. The number of para-hydroxylation sites is 1. The molecular weight excluding hydrogens is 278 g/mol. The van der Waals surface area contributed by atoms with Crippen LogP contribution in [-0.2, 0) is 4.74 Å². The Morgan fingerprint density at radius 3 is 2.86 bits per heavy atom. The molecule has 3 aliphatic rings. The molecule has 3 heterocycles. The van der Waals surface area contributed by atoms with Crippen LogP contribution >= 0.6 is 0 Å². The number of hydrogen-bond donors (Lipinski definition) is 0. The summed E-state index contributed by atoms with van der Waals surface area (Å²) in [5, 5.41) is 0. The molecule has 4 nitrogen and oxygen atoms in total. The number of fused-ring (bicyclic) bond motifs is 4. The number of ether oxygens (including phenoxy) is 3. The van der Waals surface area contributed by atoms with E-state index in [1.807, 2.05) is 12.1 Å². The van der Waals surface area contributed by atoms with Crippen molar-refractivity contribution in [1.29, 1.82) is 0 Å². The lowest BCUT2D eigenvalue weighted by Gasteiger charge is -2.53. The summed E-state index contributed by atoms with van der Waals surface area (Å²) in [6, 6.07) is 6.18. The van der Waals surface area contributed by atoms with Crippen molar-refractivity contribution in [2.45, 2.75) is 37.4 Å². The molecule has 4 heteroatoms. The molecule has 2 fully saturated rings. The molecule has 0 aliphatic carbocycles. The van der Waals surface area contributed by atoms with E-state index in [4.69, 9.17) is 14.2 Å². The Labute approximate surface area is 132 Å². The van der Waals surface area contributed by atoms with E-state index in [1.165, 1.54) is 12.0 Å². The van der Waals surface area contributed by atoms with E-state index in [9.17, 15) is 0 Å². The van der Waals surface area contributed by atoms with Crippen molar-refractivity contribution in [2.75, 3.05) is 33.9 Å². The number of piperidine rings is 1. The van der Waals surface area contributed by atoms with Crippen LogP contribution in [0.4, 0.5) is 0 Å². The first-order valence-electron chi connectivity index (χ1n) is 8.39. The monoisotopic (exact) mass is 303 g/mol. The summed E-state index contributed by atoms with van der Waals surface area (Å²) in [5.74, 6) is 2.22. The highest BCUT2D eigenvalue weighted by atomic mass is 16.5. The van der Waals surface area contributed by atoms with Crippen LogP contribution in [0.2, 0.25) is 0 Å². The van der Waals surface area contributed by atoms with Gasteiger partial charge in [-0.1, -0.05) is 12.1 Å². The van der Waals surface area contributed by atoms with Gasteiger partial charge in [0.2, 0.25) is 0 Å². The summed E-state index contributed by atoms with van der Waals surface area (Å²) in [6.07, 6.45) is 4.65. The van der Waals surface area contributed by atoms with Crippen LogP contribution in [0.25, 0.3) is 0 Å². The predicted octanol–water partition coefficient (Wildman–Crippen LogP) is 3.02. The van der Waals surface area contributed by atoms with Crippen LogP contribution in [0.15, 0.2) is 18.2 Å². The topological polar surface area (TPSA) is 30.9 Å². The third-order valence-electron chi connectivity index (χ3n) is 5.67. The zero-order chi connectivity index (χ0) is 15.2. The van der Waals surface area contributed by atoms with Gasteiger partial charge >= 0.3 is 0 Å². The second-order valence-corrected chi connectivity index (χ2v) is 6.89. The molecule has 1 spiro atoms. The Morgan fingerprint density at radius 1 is 1.27 bits per heavy atom. The Kier molecular flexibility index (Phi) is 3.54. The van der Waals surface area contributed by atoms with Gasteiger partial charge in [0.1, 0.15) is 5.60 Å². The summed E-state index contributed by atoms with van der Waals surface area (Å²) in [4.78, 5) is 2.39. The fraction of sp³-hybridized carbons (Fsp3) is 0.667. The van der Waals surface area contributed by atoms with Crippen LogP contribution in [-0.4, -0.2) is 44.4 Å². The van der Waals surface area contributed by atoms with Gasteiger partial charge in [-0.2, -0.15) is 0 Å². The van der Waals surface area contributed by atoms with Crippen molar-refractivity contribution in [3.05, 3.63) is 23.8 Å². The minimum atomic E-state index is -0.0841. The molecule has 0 amide bonds. The summed E-state index contributed by atoms with van der Waals surface area (Å²) in [6.45, 7) is 3.04. The molecule has 0 bridgehead atoms. The maximum atomic E-state index is 6.67. The molecule has 1 aromatic rings. The maximum absolute atomic E-state index is 6.67. The summed E-state index contributed by atoms with van der Waals surface area (Å²) >= 11 is 0. The van der Waals surface area contributed by atoms with Gasteiger partial charge in [0.05, 0.1) is 13.2 Å². The third-order valence-corrected chi connectivity index (χ3v) is 5.67. The van der Waals surface area contributed by atoms with Gasteiger partial charge in [0, 0.05) is 44.0 Å². The average molecular weight is 303 g/mol. The molecular formula is C18H25NO3. The molecule has 2 saturated heterocycles. The summed E-state index contributed by atoms with van der Waals surface area (Å²) < 4.78 is 18.4. The largest absolute Gasteiger partial charge is 0.493 e. The molecule has 120 valence electrons. The number of benzene rings is 1. The molecule has 4 rings (SSSR count). The highest BCUT2D eigenvalue weighted by Crippen LogP contribution is 2.55. The SMILES string of the molecule is COc1cccc2c1OC1(CCN(C)CC1)[C@H]1CCCO[C@H]21. The van der Waals surface area contributed by atoms with E-state index in [0.29, 0.717) is 5.92 Å². The van der Waals surface area contributed by atoms with Gasteiger partial charge in [-0.15, -0.1) is 0 Å². The highest BCUT2D eigenvalue weighted by molar-refractivity contribution is 5.50. The van der Waals surface area contributed by atoms with Crippen LogP contribution in [0.1, 0.15) is 37.4 Å². The minimum Gasteiger partial charge on any atom is -0.493 e. The Balaban J connectivity index is 1.78. The second-order valence-electron chi connectivity index (χ2n) is 6.89. The van der Waals surface area contributed by atoms with E-state index in [1.54, 1.807) is 7.11 Å². The minimum absolute atomic E-state index is 0.0841. The molecule has 0 saturated carbocycles. The Hall–Kier alpha value is -1.26. The first-order chi connectivity index (χ1) is 10.7. The van der Waals surface area contributed by atoms with Gasteiger partial charge in [-0.05, 0) is 26.0 Å². The van der Waals surface area contributed by atoms with Crippen LogP contribution < -0.4 is 9.47 Å². The number of rotatable bonds is 1. The fourth-order valence-electron chi connectivity index (χ4n) is 4.40. The Morgan fingerprint density at radius 2 is 2.09 bits per heavy atom. The fourth-order valence-corrected chi connectivity index (χ4v) is 4.40. The van der Waals surface area contributed by atoms with Crippen LogP contribution in [0, 0.1) is 5.92 Å². The van der Waals surface area contributed by atoms with Crippen molar-refractivity contribution in [3.63, 3.8) is 0 Å². The lowest BCUT2D eigenvalue weighted by atomic mass is 9.70. The standard InChI is InChI=1S/C18H25NO3/c1-19-10-8-18(9-11-19)14-6-4-12-21-16(14)13-5-3-7-15(20-2)17(13)22-18/h3,5,7,14,16H,4,6,8-12H2,1-2H3/t14-,16+/m0/s1. The third kappa shape index (κ3) is 2.12. The first-order valence-corrected chi connectivity index (χ1v) is 8.39. The van der Waals surface area contributed by atoms with Gasteiger partial charge in [-0.25, -0.2) is 0 Å². The zero-order valence-electron chi connectivity index (χ0n) is 13.5. The highest BCUT2D eigenvalue weighted by Gasteiger charge is 2.52. The van der Waals surface area contributed by atoms with Crippen LogP contribution in [0.3, 0.4) is 0 Å². The van der Waals surface area contributed by atoms with E-state index in [0.717, 1.165) is 50.5 Å². The van der Waals surface area contributed by atoms with Crippen LogP contribution in [0.5, 0.6) is 11.5 Å². The van der Waals surface area contributed by atoms with Gasteiger partial charge < -0.3 is 19.1 Å². The second kappa shape index (κ2) is 5.43. The molecule has 3 aliphatic heterocycles. The summed E-state index contributed by atoms with van der Waals surface area (Å²) in [7, 11) is 3.91. The van der Waals surface area contributed by atoms with Crippen molar-refractivity contribution >= 4 is 0 Å². The molecule has 0 unspecified atom stereocenters. The van der Waals surface area contributed by atoms with Gasteiger partial charge in [-0.3, -0.25) is 0 Å².